The maximum atomic E-state index is 7.06. The van der Waals surface area contributed by atoms with E-state index in [9.17, 15) is 0 Å². The highest BCUT2D eigenvalue weighted by Gasteiger charge is 2.24. The Labute approximate surface area is 392 Å². The molecular formula is C63H40N4O. The van der Waals surface area contributed by atoms with Crippen LogP contribution in [-0.2, 0) is 0 Å². The summed E-state index contributed by atoms with van der Waals surface area (Å²) in [6.45, 7) is 0. The Hall–Kier alpha value is -9.19. The summed E-state index contributed by atoms with van der Waals surface area (Å²) in [5, 5.41) is 4.38. The summed E-state index contributed by atoms with van der Waals surface area (Å²) >= 11 is 0. The average Bonchev–Trinajstić information content (AvgIpc) is 3.98. The van der Waals surface area contributed by atoms with Gasteiger partial charge in [0.25, 0.3) is 0 Å². The standard InChI is InChI=1S/C63H40N4O/c1-6-19-41(20-7-1)46-37-47(42-21-8-2-9-22-42)39-48(38-46)45-33-34-50(55(40-45)63-65-61(43-23-10-3-11-24-43)64-62(66-63)44-25-12-4-13-26-44)52-30-18-32-57-58(52)54-36-35-53-51-29-16-17-31-56(51)67(59(53)60(54)68-57)49-27-14-5-15-28-49/h1-40H. The van der Waals surface area contributed by atoms with Crippen molar-refractivity contribution in [3.05, 3.63) is 243 Å². The molecule has 0 atom stereocenters. The summed E-state index contributed by atoms with van der Waals surface area (Å²) in [5.41, 5.74) is 16.3. The molecule has 0 aliphatic rings. The lowest BCUT2D eigenvalue weighted by Gasteiger charge is -2.16. The van der Waals surface area contributed by atoms with Gasteiger partial charge in [0.15, 0.2) is 23.1 Å². The molecule has 0 N–H and O–H groups in total. The molecule has 0 radical (unpaired) electrons. The molecule has 0 amide bonds. The third-order valence-electron chi connectivity index (χ3n) is 13.0. The zero-order valence-corrected chi connectivity index (χ0v) is 36.8. The zero-order valence-electron chi connectivity index (χ0n) is 36.8. The smallest absolute Gasteiger partial charge is 0.164 e. The summed E-state index contributed by atoms with van der Waals surface area (Å²) in [4.78, 5) is 15.8. The molecule has 0 saturated heterocycles. The Morgan fingerprint density at radius 3 is 1.44 bits per heavy atom. The molecule has 0 unspecified atom stereocenters. The molecule has 5 nitrogen and oxygen atoms in total. The zero-order chi connectivity index (χ0) is 45.0. The second-order valence-corrected chi connectivity index (χ2v) is 17.1. The second kappa shape index (κ2) is 16.4. The number of aromatic nitrogens is 4. The van der Waals surface area contributed by atoms with Crippen LogP contribution in [-0.4, -0.2) is 19.5 Å². The van der Waals surface area contributed by atoms with Crippen molar-refractivity contribution in [3.8, 4) is 84.4 Å². The number of benzene rings is 10. The third kappa shape index (κ3) is 6.76. The van der Waals surface area contributed by atoms with Crippen LogP contribution in [0, 0.1) is 0 Å². The maximum absolute atomic E-state index is 7.06. The van der Waals surface area contributed by atoms with E-state index in [1.54, 1.807) is 0 Å². The average molecular weight is 869 g/mol. The number of hydrogen-bond donors (Lipinski definition) is 0. The van der Waals surface area contributed by atoms with Crippen molar-refractivity contribution in [2.75, 3.05) is 0 Å². The Morgan fingerprint density at radius 2 is 0.824 bits per heavy atom. The minimum absolute atomic E-state index is 0.577. The fourth-order valence-electron chi connectivity index (χ4n) is 9.86. The molecule has 0 spiro atoms. The van der Waals surface area contributed by atoms with Crippen LogP contribution in [0.5, 0.6) is 0 Å². The number of para-hydroxylation sites is 2. The van der Waals surface area contributed by atoms with Gasteiger partial charge in [0.1, 0.15) is 5.58 Å². The molecule has 68 heavy (non-hydrogen) atoms. The molecule has 0 aliphatic heterocycles. The van der Waals surface area contributed by atoms with Crippen LogP contribution in [0.15, 0.2) is 247 Å². The van der Waals surface area contributed by atoms with E-state index in [0.29, 0.717) is 17.5 Å². The fraction of sp³-hybridized carbons (Fsp3) is 0. The van der Waals surface area contributed by atoms with Crippen molar-refractivity contribution in [1.29, 1.82) is 0 Å². The molecule has 0 bridgehead atoms. The first-order valence-corrected chi connectivity index (χ1v) is 22.9. The largest absolute Gasteiger partial charge is 0.454 e. The molecule has 0 fully saturated rings. The van der Waals surface area contributed by atoms with Gasteiger partial charge in [-0.25, -0.2) is 15.0 Å². The van der Waals surface area contributed by atoms with Crippen LogP contribution in [0.4, 0.5) is 0 Å². The number of fused-ring (bicyclic) bond motifs is 7. The van der Waals surface area contributed by atoms with Crippen molar-refractivity contribution in [2.45, 2.75) is 0 Å². The lowest BCUT2D eigenvalue weighted by molar-refractivity contribution is 0.671. The van der Waals surface area contributed by atoms with E-state index in [4.69, 9.17) is 19.4 Å². The van der Waals surface area contributed by atoms with E-state index in [1.165, 1.54) is 5.39 Å². The van der Waals surface area contributed by atoms with Crippen molar-refractivity contribution in [3.63, 3.8) is 0 Å². The minimum Gasteiger partial charge on any atom is -0.454 e. The maximum Gasteiger partial charge on any atom is 0.164 e. The Balaban J connectivity index is 1.09. The first-order valence-electron chi connectivity index (χ1n) is 22.9. The quantitative estimate of drug-likeness (QED) is 0.153. The van der Waals surface area contributed by atoms with E-state index in [0.717, 1.165) is 105 Å². The van der Waals surface area contributed by atoms with Gasteiger partial charge < -0.3 is 8.98 Å². The predicted molar refractivity (Wildman–Crippen MR) is 279 cm³/mol. The lowest BCUT2D eigenvalue weighted by atomic mass is 9.89. The molecule has 3 aromatic heterocycles. The first kappa shape index (κ1) is 39.2. The first-order chi connectivity index (χ1) is 33.7. The Kier molecular flexibility index (Phi) is 9.43. The second-order valence-electron chi connectivity index (χ2n) is 17.1. The number of nitrogens with zero attached hydrogens (tertiary/aromatic N) is 4. The van der Waals surface area contributed by atoms with Crippen molar-refractivity contribution in [1.82, 2.24) is 19.5 Å². The highest BCUT2D eigenvalue weighted by atomic mass is 16.3. The highest BCUT2D eigenvalue weighted by molar-refractivity contribution is 6.24. The van der Waals surface area contributed by atoms with Crippen molar-refractivity contribution >= 4 is 43.7 Å². The van der Waals surface area contributed by atoms with Crippen molar-refractivity contribution < 1.29 is 4.42 Å². The monoisotopic (exact) mass is 868 g/mol. The molecular weight excluding hydrogens is 829 g/mol. The number of rotatable bonds is 8. The van der Waals surface area contributed by atoms with Gasteiger partial charge in [-0.1, -0.05) is 188 Å². The summed E-state index contributed by atoms with van der Waals surface area (Å²) in [7, 11) is 0. The van der Waals surface area contributed by atoms with Crippen LogP contribution in [0.2, 0.25) is 0 Å². The third-order valence-corrected chi connectivity index (χ3v) is 13.0. The highest BCUT2D eigenvalue weighted by Crippen LogP contribution is 2.46. The Morgan fingerprint density at radius 1 is 0.309 bits per heavy atom. The molecule has 10 aromatic carbocycles. The molecule has 3 heterocycles. The van der Waals surface area contributed by atoms with Gasteiger partial charge in [0, 0.05) is 43.9 Å². The van der Waals surface area contributed by atoms with Crippen LogP contribution >= 0.6 is 0 Å². The van der Waals surface area contributed by atoms with E-state index >= 15 is 0 Å². The van der Waals surface area contributed by atoms with Gasteiger partial charge in [0.05, 0.1) is 11.0 Å². The summed E-state index contributed by atoms with van der Waals surface area (Å²) in [6.07, 6.45) is 0. The van der Waals surface area contributed by atoms with E-state index in [1.807, 2.05) is 36.4 Å². The molecule has 0 aliphatic carbocycles. The molecule has 5 heteroatoms. The van der Waals surface area contributed by atoms with Gasteiger partial charge in [-0.05, 0) is 99.1 Å². The number of furan rings is 1. The van der Waals surface area contributed by atoms with Gasteiger partial charge in [0.2, 0.25) is 0 Å². The van der Waals surface area contributed by atoms with Crippen LogP contribution in [0.1, 0.15) is 0 Å². The van der Waals surface area contributed by atoms with Gasteiger partial charge in [-0.2, -0.15) is 0 Å². The summed E-state index contributed by atoms with van der Waals surface area (Å²) < 4.78 is 9.40. The van der Waals surface area contributed by atoms with Gasteiger partial charge in [-0.15, -0.1) is 0 Å². The normalized spacial score (nSPS) is 11.5. The van der Waals surface area contributed by atoms with Crippen LogP contribution in [0.3, 0.4) is 0 Å². The fourth-order valence-corrected chi connectivity index (χ4v) is 9.86. The number of hydrogen-bond acceptors (Lipinski definition) is 4. The summed E-state index contributed by atoms with van der Waals surface area (Å²) in [6, 6.07) is 85.2. The summed E-state index contributed by atoms with van der Waals surface area (Å²) in [5.74, 6) is 1.78. The van der Waals surface area contributed by atoms with E-state index in [2.05, 4.69) is 211 Å². The predicted octanol–water partition coefficient (Wildman–Crippen LogP) is 16.5. The van der Waals surface area contributed by atoms with Gasteiger partial charge >= 0.3 is 0 Å². The SMILES string of the molecule is c1ccc(-c2cc(-c3ccccc3)cc(-c3ccc(-c4cccc5oc6c(ccc7c8ccccc8n(-c8ccccc8)c76)c45)c(-c4nc(-c5ccccc5)nc(-c5ccccc5)n4)c3)c2)cc1. The lowest BCUT2D eigenvalue weighted by Crippen LogP contribution is -2.01. The van der Waals surface area contributed by atoms with Crippen LogP contribution in [0.25, 0.3) is 128 Å². The molecule has 318 valence electrons. The van der Waals surface area contributed by atoms with Crippen LogP contribution < -0.4 is 0 Å². The molecule has 0 saturated carbocycles. The topological polar surface area (TPSA) is 56.7 Å². The van der Waals surface area contributed by atoms with Gasteiger partial charge in [-0.3, -0.25) is 0 Å². The Bertz CT molecular complexity index is 3880. The molecule has 13 aromatic rings. The van der Waals surface area contributed by atoms with Crippen molar-refractivity contribution in [2.24, 2.45) is 0 Å². The molecule has 13 rings (SSSR count). The van der Waals surface area contributed by atoms with E-state index in [-0.39, 0.29) is 0 Å². The minimum atomic E-state index is 0.577. The van der Waals surface area contributed by atoms with E-state index < -0.39 is 0 Å².